The van der Waals surface area contributed by atoms with Crippen molar-refractivity contribution in [2.75, 3.05) is 26.4 Å². The number of unbranched alkanes of at least 4 members (excludes halogenated alkanes) is 20. The fraction of sp³-hybridized carbons (Fsp3) is 0.939. The van der Waals surface area contributed by atoms with Crippen molar-refractivity contribution in [1.82, 2.24) is 5.32 Å². The van der Waals surface area contributed by atoms with Gasteiger partial charge in [-0.1, -0.05) is 142 Å². The van der Waals surface area contributed by atoms with Gasteiger partial charge in [0.25, 0.3) is 0 Å². The lowest BCUT2D eigenvalue weighted by molar-refractivity contribution is -0.147. The summed E-state index contributed by atoms with van der Waals surface area (Å²) in [5.74, 6) is -0.546. The number of esters is 1. The zero-order valence-electron chi connectivity index (χ0n) is 27.7. The number of carbonyl (C=O) groups is 2. The van der Waals surface area contributed by atoms with Crippen molar-refractivity contribution in [1.29, 1.82) is 0 Å². The van der Waals surface area contributed by atoms with Crippen LogP contribution in [0.1, 0.15) is 168 Å². The van der Waals surface area contributed by atoms with Gasteiger partial charge in [-0.3, -0.25) is 18.6 Å². The molecule has 0 aliphatic heterocycles. The van der Waals surface area contributed by atoms with Gasteiger partial charge in [0.2, 0.25) is 5.91 Å². The summed E-state index contributed by atoms with van der Waals surface area (Å²) in [6, 6.07) is 0. The summed E-state index contributed by atoms with van der Waals surface area (Å²) in [5, 5.41) is 12.5. The molecule has 1 amide bonds. The summed E-state index contributed by atoms with van der Waals surface area (Å²) < 4.78 is 26.4. The van der Waals surface area contributed by atoms with Crippen molar-refractivity contribution in [2.24, 2.45) is 0 Å². The fourth-order valence-corrected chi connectivity index (χ4v) is 5.59. The number of phosphoric acid groups is 1. The highest BCUT2D eigenvalue weighted by atomic mass is 31.2. The molecule has 256 valence electrons. The molecule has 0 aromatic heterocycles. The van der Waals surface area contributed by atoms with Crippen LogP contribution in [0.25, 0.3) is 0 Å². The summed E-state index contributed by atoms with van der Waals surface area (Å²) in [5.41, 5.74) is 0. The van der Waals surface area contributed by atoms with Crippen LogP contribution >= 0.6 is 7.82 Å². The van der Waals surface area contributed by atoms with E-state index in [0.29, 0.717) is 6.42 Å². The molecular formula is C33H66NO8P. The molecule has 0 bridgehead atoms. The van der Waals surface area contributed by atoms with Gasteiger partial charge < -0.3 is 20.1 Å². The third kappa shape index (κ3) is 32.2. The van der Waals surface area contributed by atoms with E-state index in [-0.39, 0.29) is 32.1 Å². The third-order valence-corrected chi connectivity index (χ3v) is 8.52. The molecule has 10 heteroatoms. The van der Waals surface area contributed by atoms with Gasteiger partial charge in [-0.05, 0) is 12.8 Å². The number of rotatable bonds is 33. The molecule has 2 atom stereocenters. The van der Waals surface area contributed by atoms with Gasteiger partial charge in [0, 0.05) is 19.4 Å². The first-order valence-corrected chi connectivity index (χ1v) is 19.0. The van der Waals surface area contributed by atoms with Crippen LogP contribution in [-0.2, 0) is 27.9 Å². The summed E-state index contributed by atoms with van der Waals surface area (Å²) in [4.78, 5) is 33.0. The standard InChI is InChI=1S/C33H66NO8P/c1-3-5-7-8-9-10-11-12-13-14-15-16-17-18-19-20-21-22-23-24-26-33(37)40-29-31(35)30-42-43(38,39)41-28-27-34-32(36)25-6-4-2/h31,35H,3-30H2,1-2H3,(H,34,36)(H,38,39). The molecule has 2 unspecified atom stereocenters. The molecule has 0 saturated heterocycles. The Bertz CT molecular complexity index is 694. The highest BCUT2D eigenvalue weighted by molar-refractivity contribution is 7.47. The lowest BCUT2D eigenvalue weighted by atomic mass is 10.0. The number of nitrogens with one attached hydrogen (secondary N) is 1. The highest BCUT2D eigenvalue weighted by Gasteiger charge is 2.23. The Balaban J connectivity index is 3.47. The normalized spacial score (nSPS) is 13.5. The lowest BCUT2D eigenvalue weighted by Crippen LogP contribution is -2.27. The number of aliphatic hydroxyl groups excluding tert-OH is 1. The molecule has 0 aliphatic carbocycles. The Kier molecular flexibility index (Phi) is 30.3. The Morgan fingerprint density at radius 2 is 1.07 bits per heavy atom. The fourth-order valence-electron chi connectivity index (χ4n) is 4.83. The second kappa shape index (κ2) is 31.0. The smallest absolute Gasteiger partial charge is 0.463 e. The largest absolute Gasteiger partial charge is 0.472 e. The van der Waals surface area contributed by atoms with Crippen molar-refractivity contribution >= 4 is 19.7 Å². The van der Waals surface area contributed by atoms with Gasteiger partial charge in [-0.15, -0.1) is 0 Å². The topological polar surface area (TPSA) is 131 Å². The zero-order chi connectivity index (χ0) is 31.9. The molecule has 0 radical (unpaired) electrons. The molecular weight excluding hydrogens is 569 g/mol. The van der Waals surface area contributed by atoms with E-state index in [4.69, 9.17) is 13.8 Å². The van der Waals surface area contributed by atoms with E-state index in [1.54, 1.807) is 0 Å². The van der Waals surface area contributed by atoms with Crippen LogP contribution in [-0.4, -0.2) is 54.3 Å². The Morgan fingerprint density at radius 3 is 1.53 bits per heavy atom. The SMILES string of the molecule is CCCCCCCCCCCCCCCCCCCCCCC(=O)OCC(O)COP(=O)(O)OCCNC(=O)CCCC. The zero-order valence-corrected chi connectivity index (χ0v) is 28.6. The summed E-state index contributed by atoms with van der Waals surface area (Å²) >= 11 is 0. The molecule has 0 aliphatic rings. The maximum Gasteiger partial charge on any atom is 0.472 e. The van der Waals surface area contributed by atoms with E-state index in [2.05, 4.69) is 12.2 Å². The molecule has 0 saturated carbocycles. The van der Waals surface area contributed by atoms with Gasteiger partial charge >= 0.3 is 13.8 Å². The average Bonchev–Trinajstić information content (AvgIpc) is 2.99. The quantitative estimate of drug-likeness (QED) is 0.0371. The van der Waals surface area contributed by atoms with Crippen molar-refractivity contribution in [2.45, 2.75) is 174 Å². The monoisotopic (exact) mass is 635 g/mol. The van der Waals surface area contributed by atoms with E-state index < -0.39 is 26.5 Å². The summed E-state index contributed by atoms with van der Waals surface area (Å²) in [6.07, 6.45) is 27.2. The van der Waals surface area contributed by atoms with Crippen LogP contribution in [0.3, 0.4) is 0 Å². The van der Waals surface area contributed by atoms with Gasteiger partial charge in [0.1, 0.15) is 12.7 Å². The van der Waals surface area contributed by atoms with Gasteiger partial charge in [-0.25, -0.2) is 4.57 Å². The maximum atomic E-state index is 11.9. The number of carbonyl (C=O) groups excluding carboxylic acids is 2. The van der Waals surface area contributed by atoms with Crippen LogP contribution in [0.5, 0.6) is 0 Å². The second-order valence-corrected chi connectivity index (χ2v) is 13.3. The lowest BCUT2D eigenvalue weighted by Gasteiger charge is -2.15. The van der Waals surface area contributed by atoms with Gasteiger partial charge in [0.15, 0.2) is 0 Å². The summed E-state index contributed by atoms with van der Waals surface area (Å²) in [7, 11) is -4.38. The number of aliphatic hydroxyl groups is 1. The average molecular weight is 636 g/mol. The van der Waals surface area contributed by atoms with Crippen LogP contribution in [0.15, 0.2) is 0 Å². The van der Waals surface area contributed by atoms with Crippen LogP contribution in [0.4, 0.5) is 0 Å². The van der Waals surface area contributed by atoms with Crippen LogP contribution in [0.2, 0.25) is 0 Å². The van der Waals surface area contributed by atoms with Gasteiger partial charge in [-0.2, -0.15) is 0 Å². The third-order valence-electron chi connectivity index (χ3n) is 7.54. The van der Waals surface area contributed by atoms with E-state index in [0.717, 1.165) is 32.1 Å². The van der Waals surface area contributed by atoms with E-state index in [1.165, 1.54) is 109 Å². The first-order valence-electron chi connectivity index (χ1n) is 17.5. The molecule has 0 rings (SSSR count). The minimum atomic E-state index is -4.38. The molecule has 9 nitrogen and oxygen atoms in total. The number of hydrogen-bond acceptors (Lipinski definition) is 7. The predicted molar refractivity (Wildman–Crippen MR) is 174 cm³/mol. The minimum Gasteiger partial charge on any atom is -0.463 e. The Labute approximate surface area is 263 Å². The molecule has 43 heavy (non-hydrogen) atoms. The first kappa shape index (κ1) is 42.0. The minimum absolute atomic E-state index is 0.0795. The van der Waals surface area contributed by atoms with E-state index in [9.17, 15) is 24.2 Å². The Morgan fingerprint density at radius 1 is 0.628 bits per heavy atom. The van der Waals surface area contributed by atoms with Crippen molar-refractivity contribution < 1.29 is 37.9 Å². The summed E-state index contributed by atoms with van der Waals surface area (Å²) in [6.45, 7) is 3.31. The first-order chi connectivity index (χ1) is 20.8. The highest BCUT2D eigenvalue weighted by Crippen LogP contribution is 2.42. The number of phosphoric ester groups is 1. The molecule has 0 aromatic carbocycles. The molecule has 0 spiro atoms. The van der Waals surface area contributed by atoms with Crippen molar-refractivity contribution in [3.8, 4) is 0 Å². The second-order valence-electron chi connectivity index (χ2n) is 11.9. The van der Waals surface area contributed by atoms with Crippen LogP contribution in [0, 0.1) is 0 Å². The predicted octanol–water partition coefficient (Wildman–Crippen LogP) is 8.54. The van der Waals surface area contributed by atoms with Crippen molar-refractivity contribution in [3.05, 3.63) is 0 Å². The molecule has 0 fully saturated rings. The van der Waals surface area contributed by atoms with Crippen LogP contribution < -0.4 is 5.32 Å². The molecule has 0 heterocycles. The van der Waals surface area contributed by atoms with Gasteiger partial charge in [0.05, 0.1) is 13.2 Å². The van der Waals surface area contributed by atoms with E-state index in [1.807, 2.05) is 6.92 Å². The van der Waals surface area contributed by atoms with Crippen molar-refractivity contribution in [3.63, 3.8) is 0 Å². The number of ether oxygens (including phenoxy) is 1. The number of amides is 1. The maximum absolute atomic E-state index is 11.9. The molecule has 0 aromatic rings. The van der Waals surface area contributed by atoms with E-state index >= 15 is 0 Å². The molecule has 3 N–H and O–H groups in total. The number of hydrogen-bond donors (Lipinski definition) is 3. The Hall–Kier alpha value is -0.990.